The van der Waals surface area contributed by atoms with E-state index in [4.69, 9.17) is 23.2 Å². The Morgan fingerprint density at radius 1 is 1.04 bits per heavy atom. The van der Waals surface area contributed by atoms with Crippen molar-refractivity contribution < 1.29 is 0 Å². The zero-order valence-electron chi connectivity index (χ0n) is 12.3. The number of anilines is 1. The maximum atomic E-state index is 6.06. The van der Waals surface area contributed by atoms with Gasteiger partial charge in [0.1, 0.15) is 0 Å². The van der Waals surface area contributed by atoms with Gasteiger partial charge in [-0.05, 0) is 35.7 Å². The second-order valence-electron chi connectivity index (χ2n) is 4.91. The number of aryl methyl sites for hydroxylation is 1. The van der Waals surface area contributed by atoms with Crippen LogP contribution < -0.4 is 5.43 Å². The normalized spacial score (nSPS) is 11.1. The van der Waals surface area contributed by atoms with Gasteiger partial charge in [-0.3, -0.25) is 5.43 Å². The third kappa shape index (κ3) is 4.10. The molecule has 0 saturated heterocycles. The van der Waals surface area contributed by atoms with E-state index in [1.165, 1.54) is 11.3 Å². The minimum Gasteiger partial charge on any atom is -0.253 e. The zero-order valence-corrected chi connectivity index (χ0v) is 14.6. The van der Waals surface area contributed by atoms with E-state index in [-0.39, 0.29) is 0 Å². The minimum absolute atomic E-state index is 0.553. The van der Waals surface area contributed by atoms with Crippen LogP contribution in [0.4, 0.5) is 5.13 Å². The predicted molar refractivity (Wildman–Crippen MR) is 100.0 cm³/mol. The first-order valence-corrected chi connectivity index (χ1v) is 8.52. The molecule has 0 aliphatic carbocycles. The quantitative estimate of drug-likeness (QED) is 0.465. The lowest BCUT2D eigenvalue weighted by Crippen LogP contribution is -1.90. The van der Waals surface area contributed by atoms with E-state index in [0.717, 1.165) is 27.5 Å². The smallest absolute Gasteiger partial charge is 0.203 e. The third-order valence-electron chi connectivity index (χ3n) is 3.16. The maximum absolute atomic E-state index is 6.06. The first-order valence-electron chi connectivity index (χ1n) is 6.88. The van der Waals surface area contributed by atoms with Crippen LogP contribution in [-0.4, -0.2) is 11.2 Å². The summed E-state index contributed by atoms with van der Waals surface area (Å²) in [7, 11) is 0. The van der Waals surface area contributed by atoms with Gasteiger partial charge in [-0.15, -0.1) is 11.3 Å². The SMILES string of the molecule is Cc1csc(NN=Cc2ccc(-c3ccc(Cl)c(Cl)c3)cc2)n1. The van der Waals surface area contributed by atoms with E-state index < -0.39 is 0 Å². The van der Waals surface area contributed by atoms with Gasteiger partial charge >= 0.3 is 0 Å². The lowest BCUT2D eigenvalue weighted by atomic mass is 10.0. The van der Waals surface area contributed by atoms with Crippen molar-refractivity contribution in [2.45, 2.75) is 6.92 Å². The topological polar surface area (TPSA) is 37.3 Å². The minimum atomic E-state index is 0.553. The Hall–Kier alpha value is -1.88. The molecule has 0 spiro atoms. The average molecular weight is 362 g/mol. The number of aromatic nitrogens is 1. The molecule has 2 aromatic carbocycles. The van der Waals surface area contributed by atoms with Crippen LogP contribution in [0.3, 0.4) is 0 Å². The summed E-state index contributed by atoms with van der Waals surface area (Å²) in [6.45, 7) is 1.95. The van der Waals surface area contributed by atoms with Gasteiger partial charge in [-0.25, -0.2) is 4.98 Å². The van der Waals surface area contributed by atoms with E-state index in [1.54, 1.807) is 12.3 Å². The fraction of sp³-hybridized carbons (Fsp3) is 0.0588. The Bertz CT molecular complexity index is 841. The summed E-state index contributed by atoms with van der Waals surface area (Å²) in [5.41, 5.74) is 7.00. The van der Waals surface area contributed by atoms with Crippen LogP contribution in [0.1, 0.15) is 11.3 Å². The molecule has 0 radical (unpaired) electrons. The van der Waals surface area contributed by atoms with Crippen molar-refractivity contribution in [3.63, 3.8) is 0 Å². The number of rotatable bonds is 4. The molecule has 116 valence electrons. The summed E-state index contributed by atoms with van der Waals surface area (Å²) in [6, 6.07) is 13.6. The van der Waals surface area contributed by atoms with Gasteiger partial charge in [0.25, 0.3) is 0 Å². The monoisotopic (exact) mass is 361 g/mol. The highest BCUT2D eigenvalue weighted by Gasteiger charge is 2.02. The Morgan fingerprint density at radius 3 is 2.43 bits per heavy atom. The number of hydrazone groups is 1. The van der Waals surface area contributed by atoms with Crippen LogP contribution in [0, 0.1) is 6.92 Å². The largest absolute Gasteiger partial charge is 0.253 e. The predicted octanol–water partition coefficient (Wildman–Crippen LogP) is 5.87. The van der Waals surface area contributed by atoms with Crippen molar-refractivity contribution in [2.24, 2.45) is 5.10 Å². The third-order valence-corrected chi connectivity index (χ3v) is 4.76. The molecule has 3 rings (SSSR count). The Balaban J connectivity index is 1.70. The fourth-order valence-electron chi connectivity index (χ4n) is 2.00. The number of thiazole rings is 1. The van der Waals surface area contributed by atoms with Crippen LogP contribution in [0.25, 0.3) is 11.1 Å². The van der Waals surface area contributed by atoms with Gasteiger partial charge in [0.2, 0.25) is 5.13 Å². The van der Waals surface area contributed by atoms with Gasteiger partial charge in [0, 0.05) is 5.38 Å². The lowest BCUT2D eigenvalue weighted by molar-refractivity contribution is 1.22. The van der Waals surface area contributed by atoms with Crippen molar-refractivity contribution in [1.29, 1.82) is 0 Å². The maximum Gasteiger partial charge on any atom is 0.203 e. The highest BCUT2D eigenvalue weighted by atomic mass is 35.5. The summed E-state index contributed by atoms with van der Waals surface area (Å²) in [4.78, 5) is 4.28. The summed E-state index contributed by atoms with van der Waals surface area (Å²) in [5, 5.41) is 8.06. The number of halogens is 2. The highest BCUT2D eigenvalue weighted by molar-refractivity contribution is 7.13. The van der Waals surface area contributed by atoms with Crippen molar-refractivity contribution in [1.82, 2.24) is 4.98 Å². The highest BCUT2D eigenvalue weighted by Crippen LogP contribution is 2.28. The first-order chi connectivity index (χ1) is 11.1. The summed E-state index contributed by atoms with van der Waals surface area (Å²) >= 11 is 13.5. The Morgan fingerprint density at radius 2 is 1.78 bits per heavy atom. The van der Waals surface area contributed by atoms with Crippen LogP contribution >= 0.6 is 34.5 Å². The van der Waals surface area contributed by atoms with Crippen molar-refractivity contribution in [2.75, 3.05) is 5.43 Å². The second-order valence-corrected chi connectivity index (χ2v) is 6.59. The van der Waals surface area contributed by atoms with E-state index in [0.29, 0.717) is 10.0 Å². The van der Waals surface area contributed by atoms with Crippen LogP contribution in [0.5, 0.6) is 0 Å². The standard InChI is InChI=1S/C17H13Cl2N3S/c1-11-10-23-17(21-11)22-20-9-12-2-4-13(5-3-12)14-6-7-15(18)16(19)8-14/h2-10H,1H3,(H,21,22). The Labute approximate surface area is 148 Å². The number of hydrogen-bond donors (Lipinski definition) is 1. The van der Waals surface area contributed by atoms with Crippen molar-refractivity contribution in [3.8, 4) is 11.1 Å². The lowest BCUT2D eigenvalue weighted by Gasteiger charge is -2.04. The molecule has 6 heteroatoms. The average Bonchev–Trinajstić information content (AvgIpc) is 2.96. The molecular weight excluding hydrogens is 349 g/mol. The molecule has 0 aliphatic rings. The molecule has 0 atom stereocenters. The summed E-state index contributed by atoms with van der Waals surface area (Å²) in [6.07, 6.45) is 1.76. The molecule has 3 nitrogen and oxygen atoms in total. The van der Waals surface area contributed by atoms with Gasteiger partial charge in [-0.2, -0.15) is 5.10 Å². The number of nitrogens with zero attached hydrogens (tertiary/aromatic N) is 2. The van der Waals surface area contributed by atoms with Crippen LogP contribution in [-0.2, 0) is 0 Å². The van der Waals surface area contributed by atoms with Gasteiger partial charge in [0.15, 0.2) is 0 Å². The zero-order chi connectivity index (χ0) is 16.2. The van der Waals surface area contributed by atoms with Crippen molar-refractivity contribution in [3.05, 3.63) is 69.1 Å². The molecule has 1 heterocycles. The van der Waals surface area contributed by atoms with E-state index >= 15 is 0 Å². The molecule has 23 heavy (non-hydrogen) atoms. The van der Waals surface area contributed by atoms with Gasteiger partial charge in [-0.1, -0.05) is 53.5 Å². The molecule has 0 aliphatic heterocycles. The molecule has 1 N–H and O–H groups in total. The number of hydrogen-bond acceptors (Lipinski definition) is 4. The summed E-state index contributed by atoms with van der Waals surface area (Å²) < 4.78 is 0. The molecule has 0 amide bonds. The van der Waals surface area contributed by atoms with Crippen LogP contribution in [0.15, 0.2) is 52.9 Å². The van der Waals surface area contributed by atoms with Gasteiger partial charge < -0.3 is 0 Å². The molecule has 0 unspecified atom stereocenters. The van der Waals surface area contributed by atoms with E-state index in [2.05, 4.69) is 15.5 Å². The molecule has 3 aromatic rings. The van der Waals surface area contributed by atoms with Gasteiger partial charge in [0.05, 0.1) is 22.0 Å². The molecular formula is C17H13Cl2N3S. The first kappa shape index (κ1) is 16.0. The molecule has 0 fully saturated rings. The number of benzene rings is 2. The summed E-state index contributed by atoms with van der Waals surface area (Å²) in [5.74, 6) is 0. The van der Waals surface area contributed by atoms with Crippen molar-refractivity contribution >= 4 is 45.9 Å². The van der Waals surface area contributed by atoms with E-state index in [9.17, 15) is 0 Å². The molecule has 0 bridgehead atoms. The number of nitrogens with one attached hydrogen (secondary N) is 1. The Kier molecular flexibility index (Phi) is 4.96. The van der Waals surface area contributed by atoms with Crippen LogP contribution in [0.2, 0.25) is 10.0 Å². The second kappa shape index (κ2) is 7.13. The molecule has 1 aromatic heterocycles. The molecule has 0 saturated carbocycles. The van der Waals surface area contributed by atoms with E-state index in [1.807, 2.05) is 48.7 Å². The fourth-order valence-corrected chi connectivity index (χ4v) is 2.94.